The Kier molecular flexibility index (Phi) is 5.31. The van der Waals surface area contributed by atoms with Crippen LogP contribution in [0.1, 0.15) is 34.0 Å². The molecule has 3 nitrogen and oxygen atoms in total. The summed E-state index contributed by atoms with van der Waals surface area (Å²) in [6, 6.07) is 13.4. The van der Waals surface area contributed by atoms with Crippen molar-refractivity contribution in [2.24, 2.45) is 5.92 Å². The first kappa shape index (κ1) is 18.8. The van der Waals surface area contributed by atoms with Gasteiger partial charge in [-0.3, -0.25) is 0 Å². The molecular weight excluding hydrogens is 399 g/mol. The summed E-state index contributed by atoms with van der Waals surface area (Å²) < 4.78 is 6.16. The average molecular weight is 417 g/mol. The maximum absolute atomic E-state index is 11.9. The van der Waals surface area contributed by atoms with Gasteiger partial charge >= 0.3 is 0 Å². The maximum atomic E-state index is 11.9. The zero-order valence-corrected chi connectivity index (χ0v) is 17.6. The third-order valence-electron chi connectivity index (χ3n) is 4.58. The molecule has 127 valence electrons. The van der Waals surface area contributed by atoms with Gasteiger partial charge in [-0.15, -0.1) is 0 Å². The van der Waals surface area contributed by atoms with Crippen LogP contribution in [0.2, 0.25) is 0 Å². The second-order valence-electron chi connectivity index (χ2n) is 6.51. The SMILES string of the molecule is Cc1ccc2c(c1)OC1=CC(C)C=CC1=C2c1ccccc1C([NH-])=O.[Y]. The molecule has 1 radical (unpaired) electrons. The van der Waals surface area contributed by atoms with Crippen LogP contribution in [-0.4, -0.2) is 5.91 Å². The van der Waals surface area contributed by atoms with Crippen molar-refractivity contribution in [2.45, 2.75) is 13.8 Å². The Hall–Kier alpha value is -1.97. The number of carbonyl (C=O) groups is 1. The predicted molar refractivity (Wildman–Crippen MR) is 99.3 cm³/mol. The molecule has 26 heavy (non-hydrogen) atoms. The fraction of sp³-hybridized carbons (Fsp3) is 0.136. The number of benzene rings is 2. The molecule has 0 bridgehead atoms. The average Bonchev–Trinajstić information content (AvgIpc) is 2.59. The van der Waals surface area contributed by atoms with Crippen LogP contribution in [0.5, 0.6) is 5.75 Å². The Morgan fingerprint density at radius 3 is 2.65 bits per heavy atom. The van der Waals surface area contributed by atoms with E-state index in [0.717, 1.165) is 39.3 Å². The molecule has 1 aliphatic heterocycles. The second kappa shape index (κ2) is 7.34. The van der Waals surface area contributed by atoms with E-state index in [1.165, 1.54) is 0 Å². The smallest absolute Gasteiger partial charge is 0.135 e. The molecule has 2 aromatic rings. The molecule has 0 aromatic heterocycles. The minimum Gasteiger partial charge on any atom is -0.664 e. The Morgan fingerprint density at radius 2 is 1.88 bits per heavy atom. The van der Waals surface area contributed by atoms with Gasteiger partial charge in [0.1, 0.15) is 11.5 Å². The third kappa shape index (κ3) is 3.22. The van der Waals surface area contributed by atoms with E-state index in [1.807, 2.05) is 37.3 Å². The number of fused-ring (bicyclic) bond motifs is 2. The van der Waals surface area contributed by atoms with Crippen LogP contribution < -0.4 is 4.74 Å². The van der Waals surface area contributed by atoms with Crippen molar-refractivity contribution >= 4 is 11.5 Å². The zero-order valence-electron chi connectivity index (χ0n) is 14.7. The van der Waals surface area contributed by atoms with Crippen LogP contribution in [0.15, 0.2) is 72.0 Å². The molecule has 0 fully saturated rings. The number of hydrogen-bond donors (Lipinski definition) is 0. The van der Waals surface area contributed by atoms with Crippen LogP contribution in [0.3, 0.4) is 0 Å². The Labute approximate surface area is 178 Å². The molecule has 1 unspecified atom stereocenters. The molecule has 1 amide bonds. The molecule has 0 spiro atoms. The van der Waals surface area contributed by atoms with Gasteiger partial charge in [-0.25, -0.2) is 0 Å². The number of allylic oxidation sites excluding steroid dienone is 3. The number of ether oxygens (including phenoxy) is 1. The molecule has 4 rings (SSSR count). The number of hydrogen-bond acceptors (Lipinski definition) is 2. The fourth-order valence-corrected chi connectivity index (χ4v) is 3.38. The molecule has 1 aliphatic carbocycles. The summed E-state index contributed by atoms with van der Waals surface area (Å²) in [5.41, 5.74) is 12.8. The summed E-state index contributed by atoms with van der Waals surface area (Å²) in [7, 11) is 0. The predicted octanol–water partition coefficient (Wildman–Crippen LogP) is 5.47. The fourth-order valence-electron chi connectivity index (χ4n) is 3.38. The van der Waals surface area contributed by atoms with Gasteiger partial charge in [-0.1, -0.05) is 55.5 Å². The van der Waals surface area contributed by atoms with Gasteiger partial charge in [0.15, 0.2) is 0 Å². The van der Waals surface area contributed by atoms with Crippen LogP contribution in [0.25, 0.3) is 11.3 Å². The topological polar surface area (TPSA) is 50.1 Å². The summed E-state index contributed by atoms with van der Waals surface area (Å²) in [4.78, 5) is 11.9. The van der Waals surface area contributed by atoms with Crippen molar-refractivity contribution in [3.05, 3.63) is 100 Å². The van der Waals surface area contributed by atoms with Gasteiger partial charge < -0.3 is 15.3 Å². The number of aryl methyl sites for hydroxylation is 1. The third-order valence-corrected chi connectivity index (χ3v) is 4.58. The van der Waals surface area contributed by atoms with E-state index in [4.69, 9.17) is 10.5 Å². The molecule has 1 atom stereocenters. The number of nitrogens with one attached hydrogen (secondary N) is 1. The minimum absolute atomic E-state index is 0. The first-order valence-electron chi connectivity index (χ1n) is 8.33. The van der Waals surface area contributed by atoms with Crippen molar-refractivity contribution in [3.63, 3.8) is 0 Å². The zero-order chi connectivity index (χ0) is 17.6. The van der Waals surface area contributed by atoms with E-state index in [9.17, 15) is 4.79 Å². The van der Waals surface area contributed by atoms with E-state index >= 15 is 0 Å². The number of carbonyl (C=O) groups excluding carboxylic acids is 1. The van der Waals surface area contributed by atoms with Gasteiger partial charge in [-0.2, -0.15) is 0 Å². The van der Waals surface area contributed by atoms with Gasteiger partial charge in [0, 0.05) is 55.0 Å². The largest absolute Gasteiger partial charge is 0.664 e. The summed E-state index contributed by atoms with van der Waals surface area (Å²) in [5.74, 6) is 1.22. The van der Waals surface area contributed by atoms with Crippen LogP contribution in [-0.2, 0) is 32.7 Å². The Bertz CT molecular complexity index is 985. The van der Waals surface area contributed by atoms with E-state index in [1.54, 1.807) is 12.1 Å². The summed E-state index contributed by atoms with van der Waals surface area (Å²) in [5, 5.41) is 0. The first-order chi connectivity index (χ1) is 12.0. The molecule has 4 heteroatoms. The Balaban J connectivity index is 0.00000196. The molecule has 1 heterocycles. The molecule has 2 aromatic carbocycles. The normalized spacial score (nSPS) is 17.5. The Morgan fingerprint density at radius 1 is 1.12 bits per heavy atom. The van der Waals surface area contributed by atoms with Crippen LogP contribution >= 0.6 is 0 Å². The standard InChI is InChI=1S/C22H19NO2.Y/c1-13-7-9-17-19(11-13)25-20-12-14(2)8-10-18(20)21(17)15-5-3-4-6-16(15)22(23)24;/h3-13H,1-2H3,(H2,23,24);/p-1. The number of amides is 1. The maximum Gasteiger partial charge on any atom is 0.135 e. The van der Waals surface area contributed by atoms with Crippen molar-refractivity contribution in [3.8, 4) is 5.75 Å². The molecule has 1 N–H and O–H groups in total. The van der Waals surface area contributed by atoms with E-state index in [0.29, 0.717) is 11.5 Å². The van der Waals surface area contributed by atoms with Crippen molar-refractivity contribution in [1.82, 2.24) is 0 Å². The summed E-state index contributed by atoms with van der Waals surface area (Å²) in [6.07, 6.45) is 6.27. The minimum atomic E-state index is -0.678. The second-order valence-corrected chi connectivity index (χ2v) is 6.51. The van der Waals surface area contributed by atoms with E-state index < -0.39 is 5.91 Å². The molecule has 0 saturated heterocycles. The first-order valence-corrected chi connectivity index (χ1v) is 8.33. The quantitative estimate of drug-likeness (QED) is 0.651. The van der Waals surface area contributed by atoms with Gasteiger partial charge in [-0.05, 0) is 36.1 Å². The summed E-state index contributed by atoms with van der Waals surface area (Å²) in [6.45, 7) is 4.14. The molecular formula is C22H18NO2Y-. The van der Waals surface area contributed by atoms with Gasteiger partial charge in [0.05, 0.1) is 5.91 Å². The van der Waals surface area contributed by atoms with E-state index in [-0.39, 0.29) is 32.7 Å². The van der Waals surface area contributed by atoms with Gasteiger partial charge in [0.25, 0.3) is 0 Å². The van der Waals surface area contributed by atoms with Crippen molar-refractivity contribution in [1.29, 1.82) is 0 Å². The van der Waals surface area contributed by atoms with Crippen molar-refractivity contribution < 1.29 is 42.2 Å². The molecule has 2 aliphatic rings. The monoisotopic (exact) mass is 417 g/mol. The van der Waals surface area contributed by atoms with Gasteiger partial charge in [0.2, 0.25) is 0 Å². The van der Waals surface area contributed by atoms with Crippen LogP contribution in [0, 0.1) is 12.8 Å². The molecule has 0 saturated carbocycles. The van der Waals surface area contributed by atoms with Crippen molar-refractivity contribution in [2.75, 3.05) is 0 Å². The number of rotatable bonds is 2. The summed E-state index contributed by atoms with van der Waals surface area (Å²) >= 11 is 0. The van der Waals surface area contributed by atoms with E-state index in [2.05, 4.69) is 25.2 Å². The van der Waals surface area contributed by atoms with Crippen LogP contribution in [0.4, 0.5) is 0 Å².